The molecule has 2 aromatic carbocycles. The van der Waals surface area contributed by atoms with Gasteiger partial charge in [0.15, 0.2) is 6.10 Å². The summed E-state index contributed by atoms with van der Waals surface area (Å²) in [5.74, 6) is -0.971. The molecule has 1 amide bonds. The number of ether oxygens (including phenoxy) is 1. The molecule has 27 heavy (non-hydrogen) atoms. The number of carbonyl (C=O) groups is 2. The number of anilines is 1. The van der Waals surface area contributed by atoms with Crippen LogP contribution in [0, 0.1) is 11.3 Å². The van der Waals surface area contributed by atoms with Crippen molar-refractivity contribution in [3.63, 3.8) is 0 Å². The van der Waals surface area contributed by atoms with Gasteiger partial charge in [0.05, 0.1) is 12.5 Å². The van der Waals surface area contributed by atoms with Gasteiger partial charge in [0.1, 0.15) is 5.69 Å². The Bertz CT molecular complexity index is 956. The Morgan fingerprint density at radius 1 is 1.15 bits per heavy atom. The van der Waals surface area contributed by atoms with Crippen molar-refractivity contribution in [3.8, 4) is 6.07 Å². The van der Waals surface area contributed by atoms with Gasteiger partial charge >= 0.3 is 5.97 Å². The molecule has 0 aliphatic rings. The number of aromatic nitrogens is 1. The van der Waals surface area contributed by atoms with Crippen LogP contribution in [0.25, 0.3) is 10.9 Å². The largest absolute Gasteiger partial charge is 0.448 e. The van der Waals surface area contributed by atoms with E-state index >= 15 is 0 Å². The first-order chi connectivity index (χ1) is 13.1. The number of nitrogens with one attached hydrogen (secondary N) is 1. The van der Waals surface area contributed by atoms with E-state index in [-0.39, 0.29) is 18.9 Å². The Hall–Kier alpha value is -3.59. The van der Waals surface area contributed by atoms with E-state index in [0.29, 0.717) is 11.4 Å². The van der Waals surface area contributed by atoms with Crippen LogP contribution in [0.15, 0.2) is 60.7 Å². The predicted octanol–water partition coefficient (Wildman–Crippen LogP) is 3.66. The highest BCUT2D eigenvalue weighted by molar-refractivity contribution is 6.00. The maximum absolute atomic E-state index is 12.8. The highest BCUT2D eigenvalue weighted by Gasteiger charge is 2.26. The minimum Gasteiger partial charge on any atom is -0.448 e. The van der Waals surface area contributed by atoms with Crippen LogP contribution >= 0.6 is 0 Å². The molecule has 6 heteroatoms. The summed E-state index contributed by atoms with van der Waals surface area (Å²) >= 11 is 0. The number of H-pyrrole nitrogens is 1. The summed E-state index contributed by atoms with van der Waals surface area (Å²) in [5, 5.41) is 9.76. The molecule has 136 valence electrons. The third-order valence-electron chi connectivity index (χ3n) is 4.16. The van der Waals surface area contributed by atoms with Gasteiger partial charge in [-0.25, -0.2) is 4.79 Å². The van der Waals surface area contributed by atoms with Gasteiger partial charge in [-0.2, -0.15) is 5.26 Å². The number of esters is 1. The third kappa shape index (κ3) is 4.15. The van der Waals surface area contributed by atoms with Gasteiger partial charge in [-0.1, -0.05) is 36.4 Å². The van der Waals surface area contributed by atoms with Crippen molar-refractivity contribution in [2.45, 2.75) is 19.4 Å². The molecule has 1 N–H and O–H groups in total. The number of benzene rings is 2. The summed E-state index contributed by atoms with van der Waals surface area (Å²) in [5.41, 5.74) is 1.77. The first-order valence-electron chi connectivity index (χ1n) is 8.62. The summed E-state index contributed by atoms with van der Waals surface area (Å²) in [6.45, 7) is 1.76. The van der Waals surface area contributed by atoms with Crippen molar-refractivity contribution in [1.82, 2.24) is 4.98 Å². The molecule has 3 rings (SSSR count). The number of amides is 1. The van der Waals surface area contributed by atoms with Gasteiger partial charge in [0.2, 0.25) is 0 Å². The van der Waals surface area contributed by atoms with E-state index in [2.05, 4.69) is 4.98 Å². The zero-order valence-corrected chi connectivity index (χ0v) is 14.9. The second-order valence-electron chi connectivity index (χ2n) is 6.05. The smallest absolute Gasteiger partial charge is 0.355 e. The molecule has 1 aromatic heterocycles. The number of rotatable bonds is 6. The number of carbonyl (C=O) groups excluding carboxylic acids is 2. The molecule has 0 spiro atoms. The average molecular weight is 361 g/mol. The summed E-state index contributed by atoms with van der Waals surface area (Å²) in [7, 11) is 0. The Kier molecular flexibility index (Phi) is 5.53. The van der Waals surface area contributed by atoms with Crippen molar-refractivity contribution in [1.29, 1.82) is 5.26 Å². The zero-order valence-electron chi connectivity index (χ0n) is 14.9. The number of para-hydroxylation sites is 2. The lowest BCUT2D eigenvalue weighted by Gasteiger charge is -2.25. The van der Waals surface area contributed by atoms with Crippen LogP contribution in [0.3, 0.4) is 0 Å². The number of aromatic amines is 1. The Morgan fingerprint density at radius 2 is 1.85 bits per heavy atom. The van der Waals surface area contributed by atoms with Crippen LogP contribution in [0.5, 0.6) is 0 Å². The molecule has 1 unspecified atom stereocenters. The SMILES string of the molecule is CC(OC(=O)c1cc2ccccc2[nH]1)C(=O)N(CCC#N)c1ccccc1. The lowest BCUT2D eigenvalue weighted by Crippen LogP contribution is -2.40. The highest BCUT2D eigenvalue weighted by Crippen LogP contribution is 2.18. The Morgan fingerprint density at radius 3 is 2.56 bits per heavy atom. The molecular weight excluding hydrogens is 342 g/mol. The van der Waals surface area contributed by atoms with Crippen molar-refractivity contribution in [2.75, 3.05) is 11.4 Å². The van der Waals surface area contributed by atoms with Crippen molar-refractivity contribution < 1.29 is 14.3 Å². The highest BCUT2D eigenvalue weighted by atomic mass is 16.5. The van der Waals surface area contributed by atoms with Crippen molar-refractivity contribution >= 4 is 28.5 Å². The molecule has 0 saturated heterocycles. The zero-order chi connectivity index (χ0) is 19.2. The van der Waals surface area contributed by atoms with Crippen molar-refractivity contribution in [3.05, 3.63) is 66.4 Å². The molecule has 1 atom stereocenters. The van der Waals surface area contributed by atoms with Crippen molar-refractivity contribution in [2.24, 2.45) is 0 Å². The lowest BCUT2D eigenvalue weighted by molar-refractivity contribution is -0.126. The van der Waals surface area contributed by atoms with E-state index in [1.165, 1.54) is 11.8 Å². The molecule has 3 aromatic rings. The van der Waals surface area contributed by atoms with Gasteiger partial charge in [-0.05, 0) is 31.2 Å². The van der Waals surface area contributed by atoms with E-state index in [9.17, 15) is 9.59 Å². The van der Waals surface area contributed by atoms with Crippen LogP contribution < -0.4 is 4.90 Å². The molecule has 6 nitrogen and oxygen atoms in total. The Balaban J connectivity index is 1.74. The normalized spacial score (nSPS) is 11.6. The molecular formula is C21H19N3O3. The lowest BCUT2D eigenvalue weighted by atomic mass is 10.2. The van der Waals surface area contributed by atoms with Crippen LogP contribution in [0.4, 0.5) is 5.69 Å². The van der Waals surface area contributed by atoms with E-state index in [1.54, 1.807) is 18.2 Å². The molecule has 0 aliphatic carbocycles. The number of fused-ring (bicyclic) bond motifs is 1. The van der Waals surface area contributed by atoms with Gasteiger partial charge < -0.3 is 14.6 Å². The predicted molar refractivity (Wildman–Crippen MR) is 102 cm³/mol. The second kappa shape index (κ2) is 8.19. The molecule has 0 bridgehead atoms. The summed E-state index contributed by atoms with van der Waals surface area (Å²) in [6.07, 6.45) is -0.800. The number of nitrogens with zero attached hydrogens (tertiary/aromatic N) is 2. The number of hydrogen-bond donors (Lipinski definition) is 1. The third-order valence-corrected chi connectivity index (χ3v) is 4.16. The van der Waals surface area contributed by atoms with E-state index in [1.807, 2.05) is 48.5 Å². The molecule has 0 fully saturated rings. The molecule has 0 radical (unpaired) electrons. The average Bonchev–Trinajstić information content (AvgIpc) is 3.13. The minimum atomic E-state index is -0.984. The van der Waals surface area contributed by atoms with Gasteiger partial charge in [0.25, 0.3) is 5.91 Å². The van der Waals surface area contributed by atoms with Gasteiger partial charge in [-0.15, -0.1) is 0 Å². The van der Waals surface area contributed by atoms with E-state index in [0.717, 1.165) is 10.9 Å². The Labute approximate surface area is 157 Å². The summed E-state index contributed by atoms with van der Waals surface area (Å²) in [6, 6.07) is 20.2. The maximum atomic E-state index is 12.8. The van der Waals surface area contributed by atoms with Crippen LogP contribution in [-0.4, -0.2) is 29.5 Å². The van der Waals surface area contributed by atoms with Crippen LogP contribution in [0.2, 0.25) is 0 Å². The standard InChI is InChI=1S/C21H19N3O3/c1-15(20(25)24(13-7-12-22)17-9-3-2-4-10-17)27-21(26)19-14-16-8-5-6-11-18(16)23-19/h2-6,8-11,14-15,23H,7,13H2,1H3. The fourth-order valence-electron chi connectivity index (χ4n) is 2.81. The second-order valence-corrected chi connectivity index (χ2v) is 6.05. The van der Waals surface area contributed by atoms with Crippen LogP contribution in [-0.2, 0) is 9.53 Å². The topological polar surface area (TPSA) is 86.2 Å². The van der Waals surface area contributed by atoms with Gasteiger partial charge in [-0.3, -0.25) is 4.79 Å². The fraction of sp³-hybridized carbons (Fsp3) is 0.190. The molecule has 0 saturated carbocycles. The number of nitriles is 1. The summed E-state index contributed by atoms with van der Waals surface area (Å²) in [4.78, 5) is 29.7. The first-order valence-corrected chi connectivity index (χ1v) is 8.62. The van der Waals surface area contributed by atoms with Gasteiger partial charge in [0, 0.05) is 23.1 Å². The van der Waals surface area contributed by atoms with E-state index in [4.69, 9.17) is 10.00 Å². The summed E-state index contributed by atoms with van der Waals surface area (Å²) < 4.78 is 5.37. The minimum absolute atomic E-state index is 0.184. The fourth-order valence-corrected chi connectivity index (χ4v) is 2.81. The molecule has 0 aliphatic heterocycles. The van der Waals surface area contributed by atoms with Crippen LogP contribution in [0.1, 0.15) is 23.8 Å². The maximum Gasteiger partial charge on any atom is 0.355 e. The monoisotopic (exact) mass is 361 g/mol. The van der Waals surface area contributed by atoms with E-state index < -0.39 is 12.1 Å². The first kappa shape index (κ1) is 18.2. The molecule has 1 heterocycles. The quantitative estimate of drug-likeness (QED) is 0.679. The number of hydrogen-bond acceptors (Lipinski definition) is 4.